The third-order valence-electron chi connectivity index (χ3n) is 2.21. The van der Waals surface area contributed by atoms with E-state index >= 15 is 0 Å². The Balaban J connectivity index is 2.35. The predicted octanol–water partition coefficient (Wildman–Crippen LogP) is 3.04. The largest absolute Gasteiger partial charge is 0.246 e. The van der Waals surface area contributed by atoms with Gasteiger partial charge in [-0.15, -0.1) is 23.2 Å². The Morgan fingerprint density at radius 1 is 1.35 bits per heavy atom. The van der Waals surface area contributed by atoms with E-state index < -0.39 is 5.72 Å². The molecule has 1 N–H and O–H groups in total. The number of alkyl halides is 2. The van der Waals surface area contributed by atoms with E-state index in [4.69, 9.17) is 28.0 Å². The van der Waals surface area contributed by atoms with Crippen LogP contribution in [0.2, 0.25) is 0 Å². The van der Waals surface area contributed by atoms with Gasteiger partial charge >= 0.3 is 0 Å². The smallest absolute Gasteiger partial charge is 0.214 e. The van der Waals surface area contributed by atoms with Crippen LogP contribution in [0, 0.1) is 5.82 Å². The average Bonchev–Trinajstić information content (AvgIpc) is 2.73. The first-order valence-electron chi connectivity index (χ1n) is 4.71. The number of nitrogens with one attached hydrogen (secondary N) is 1. The number of halogens is 4. The van der Waals surface area contributed by atoms with Crippen LogP contribution in [-0.2, 0) is 4.84 Å². The number of nitrogens with zero attached hydrogens (tertiary/aromatic N) is 1. The van der Waals surface area contributed by atoms with Crippen molar-refractivity contribution in [2.45, 2.75) is 5.72 Å². The van der Waals surface area contributed by atoms with Crippen LogP contribution >= 0.6 is 39.1 Å². The molecule has 0 unspecified atom stereocenters. The Morgan fingerprint density at radius 3 is 2.59 bits per heavy atom. The van der Waals surface area contributed by atoms with E-state index in [0.717, 1.165) is 0 Å². The van der Waals surface area contributed by atoms with Gasteiger partial charge in [0.2, 0.25) is 5.72 Å². The number of aliphatic imine (C=N–C) groups is 1. The minimum absolute atomic E-state index is 0.115. The lowest BCUT2D eigenvalue weighted by molar-refractivity contribution is -0.0218. The van der Waals surface area contributed by atoms with Crippen LogP contribution < -0.4 is 5.48 Å². The lowest BCUT2D eigenvalue weighted by atomic mass is 10.2. The van der Waals surface area contributed by atoms with Crippen LogP contribution in [0.1, 0.15) is 5.56 Å². The molecule has 1 aromatic rings. The van der Waals surface area contributed by atoms with Gasteiger partial charge in [0, 0.05) is 10.0 Å². The molecular weight excluding hydrogens is 334 g/mol. The maximum absolute atomic E-state index is 13.2. The highest BCUT2D eigenvalue weighted by Gasteiger charge is 2.35. The van der Waals surface area contributed by atoms with E-state index in [-0.39, 0.29) is 17.6 Å². The Bertz CT molecular complexity index is 445. The molecule has 1 aliphatic heterocycles. The number of hydrogen-bond donors (Lipinski definition) is 1. The fourth-order valence-corrected chi connectivity index (χ4v) is 2.34. The maximum atomic E-state index is 13.2. The molecule has 0 bridgehead atoms. The summed E-state index contributed by atoms with van der Waals surface area (Å²) < 4.78 is 13.8. The quantitative estimate of drug-likeness (QED) is 0.857. The summed E-state index contributed by atoms with van der Waals surface area (Å²) in [6.45, 7) is 0. The molecule has 92 valence electrons. The second-order valence-electron chi connectivity index (χ2n) is 3.54. The number of amidine groups is 1. The van der Waals surface area contributed by atoms with Crippen LogP contribution in [0.25, 0.3) is 0 Å². The van der Waals surface area contributed by atoms with Crippen molar-refractivity contribution in [2.75, 3.05) is 11.8 Å². The fourth-order valence-electron chi connectivity index (χ4n) is 1.36. The zero-order valence-corrected chi connectivity index (χ0v) is 11.6. The first kappa shape index (κ1) is 13.1. The molecule has 17 heavy (non-hydrogen) atoms. The normalized spacial score (nSPS) is 17.8. The summed E-state index contributed by atoms with van der Waals surface area (Å²) in [6.07, 6.45) is 0. The third kappa shape index (κ3) is 2.73. The summed E-state index contributed by atoms with van der Waals surface area (Å²) in [5.41, 5.74) is 2.19. The van der Waals surface area contributed by atoms with Crippen molar-refractivity contribution in [3.8, 4) is 0 Å². The zero-order valence-electron chi connectivity index (χ0n) is 8.51. The van der Waals surface area contributed by atoms with Gasteiger partial charge in [0.05, 0.1) is 11.8 Å². The van der Waals surface area contributed by atoms with Crippen LogP contribution in [0.15, 0.2) is 27.7 Å². The minimum Gasteiger partial charge on any atom is -0.246 e. The maximum Gasteiger partial charge on any atom is 0.214 e. The number of benzene rings is 1. The van der Waals surface area contributed by atoms with Crippen LogP contribution in [0.4, 0.5) is 4.39 Å². The molecule has 0 saturated carbocycles. The van der Waals surface area contributed by atoms with E-state index in [2.05, 4.69) is 26.4 Å². The van der Waals surface area contributed by atoms with Gasteiger partial charge in [-0.25, -0.2) is 19.7 Å². The second-order valence-corrected chi connectivity index (χ2v) is 4.99. The molecular formula is C10H8BrCl2FN2O. The van der Waals surface area contributed by atoms with Gasteiger partial charge in [0.25, 0.3) is 0 Å². The molecule has 2 rings (SSSR count). The van der Waals surface area contributed by atoms with E-state index in [1.165, 1.54) is 12.1 Å². The zero-order chi connectivity index (χ0) is 12.5. The molecule has 0 aliphatic carbocycles. The van der Waals surface area contributed by atoms with Gasteiger partial charge in [-0.05, 0) is 18.2 Å². The summed E-state index contributed by atoms with van der Waals surface area (Å²) in [4.78, 5) is 9.47. The minimum atomic E-state index is -0.989. The summed E-state index contributed by atoms with van der Waals surface area (Å²) >= 11 is 14.7. The molecule has 0 radical (unpaired) electrons. The van der Waals surface area contributed by atoms with Crippen LogP contribution in [-0.4, -0.2) is 23.3 Å². The molecule has 0 spiro atoms. The van der Waals surface area contributed by atoms with Crippen molar-refractivity contribution in [2.24, 2.45) is 4.99 Å². The molecule has 7 heteroatoms. The molecule has 0 amide bonds. The summed E-state index contributed by atoms with van der Waals surface area (Å²) in [6, 6.07) is 4.42. The van der Waals surface area contributed by atoms with Gasteiger partial charge < -0.3 is 0 Å². The van der Waals surface area contributed by atoms with E-state index in [1.807, 2.05) is 0 Å². The Hall–Kier alpha value is -0.360. The first-order valence-corrected chi connectivity index (χ1v) is 6.57. The first-order chi connectivity index (χ1) is 8.08. The summed E-state index contributed by atoms with van der Waals surface area (Å²) in [5.74, 6) is 0.270. The highest BCUT2D eigenvalue weighted by atomic mass is 79.9. The van der Waals surface area contributed by atoms with Crippen molar-refractivity contribution in [3.05, 3.63) is 34.1 Å². The topological polar surface area (TPSA) is 33.6 Å². The third-order valence-corrected chi connectivity index (χ3v) is 3.50. The molecule has 0 saturated heterocycles. The van der Waals surface area contributed by atoms with E-state index in [0.29, 0.717) is 15.9 Å². The van der Waals surface area contributed by atoms with Gasteiger partial charge in [-0.2, -0.15) is 0 Å². The summed E-state index contributed by atoms with van der Waals surface area (Å²) in [7, 11) is 0. The monoisotopic (exact) mass is 340 g/mol. The highest BCUT2D eigenvalue weighted by Crippen LogP contribution is 2.24. The molecule has 0 atom stereocenters. The summed E-state index contributed by atoms with van der Waals surface area (Å²) in [5, 5.41) is 0. The Morgan fingerprint density at radius 2 is 2.06 bits per heavy atom. The number of rotatable bonds is 3. The highest BCUT2D eigenvalue weighted by molar-refractivity contribution is 9.10. The van der Waals surface area contributed by atoms with Crippen LogP contribution in [0.5, 0.6) is 0 Å². The fraction of sp³-hybridized carbons (Fsp3) is 0.300. The van der Waals surface area contributed by atoms with Crippen molar-refractivity contribution in [3.63, 3.8) is 0 Å². The molecule has 3 nitrogen and oxygen atoms in total. The standard InChI is InChI=1S/C10H8BrCl2FN2O/c11-7-1-6(2-8(14)3-7)9-15-10(4-12,5-13)17-16-9/h1-3H,4-5H2,(H,15,16). The van der Waals surface area contributed by atoms with Gasteiger partial charge in [-0.3, -0.25) is 0 Å². The van der Waals surface area contributed by atoms with Gasteiger partial charge in [0.1, 0.15) is 5.82 Å². The molecule has 0 aromatic heterocycles. The molecule has 1 heterocycles. The number of hydroxylamine groups is 1. The van der Waals surface area contributed by atoms with Gasteiger partial charge in [-0.1, -0.05) is 15.9 Å². The van der Waals surface area contributed by atoms with E-state index in [1.54, 1.807) is 6.07 Å². The molecule has 1 aromatic carbocycles. The van der Waals surface area contributed by atoms with Crippen molar-refractivity contribution in [1.82, 2.24) is 5.48 Å². The average molecular weight is 342 g/mol. The lowest BCUT2D eigenvalue weighted by Gasteiger charge is -2.16. The van der Waals surface area contributed by atoms with Crippen molar-refractivity contribution in [1.29, 1.82) is 0 Å². The van der Waals surface area contributed by atoms with Crippen LogP contribution in [0.3, 0.4) is 0 Å². The Kier molecular flexibility index (Phi) is 3.92. The van der Waals surface area contributed by atoms with E-state index in [9.17, 15) is 4.39 Å². The predicted molar refractivity (Wildman–Crippen MR) is 69.0 cm³/mol. The number of hydrogen-bond acceptors (Lipinski definition) is 3. The lowest BCUT2D eigenvalue weighted by Crippen LogP contribution is -2.33. The van der Waals surface area contributed by atoms with Gasteiger partial charge in [0.15, 0.2) is 5.84 Å². The van der Waals surface area contributed by atoms with Crippen molar-refractivity contribution < 1.29 is 9.23 Å². The molecule has 0 fully saturated rings. The SMILES string of the molecule is Fc1cc(Br)cc(C2=NC(CCl)(CCl)ON2)c1. The Labute approximate surface area is 116 Å². The molecule has 1 aliphatic rings. The van der Waals surface area contributed by atoms with Crippen molar-refractivity contribution >= 4 is 45.0 Å². The second kappa shape index (κ2) is 5.10.